The second-order valence-corrected chi connectivity index (χ2v) is 5.73. The van der Waals surface area contributed by atoms with Crippen molar-refractivity contribution in [2.45, 2.75) is 32.4 Å². The SMILES string of the molecule is Cc1cc(CN2CCCC2CN(C)C)oc1C(=O)NN. The van der Waals surface area contributed by atoms with E-state index in [1.807, 2.05) is 13.0 Å². The highest BCUT2D eigenvalue weighted by molar-refractivity contribution is 5.92. The smallest absolute Gasteiger partial charge is 0.301 e. The Morgan fingerprint density at radius 3 is 3.00 bits per heavy atom. The molecular weight excluding hydrogens is 256 g/mol. The van der Waals surface area contributed by atoms with Crippen molar-refractivity contribution >= 4 is 5.91 Å². The first-order valence-electron chi connectivity index (χ1n) is 7.00. The third kappa shape index (κ3) is 3.39. The lowest BCUT2D eigenvalue weighted by Crippen LogP contribution is -2.37. The maximum atomic E-state index is 11.5. The van der Waals surface area contributed by atoms with Gasteiger partial charge in [0.25, 0.3) is 0 Å². The summed E-state index contributed by atoms with van der Waals surface area (Å²) in [6.07, 6.45) is 2.43. The highest BCUT2D eigenvalue weighted by atomic mass is 16.4. The zero-order valence-electron chi connectivity index (χ0n) is 12.5. The Balaban J connectivity index is 2.04. The molecule has 0 saturated carbocycles. The molecule has 6 nitrogen and oxygen atoms in total. The van der Waals surface area contributed by atoms with E-state index >= 15 is 0 Å². The second-order valence-electron chi connectivity index (χ2n) is 5.73. The van der Waals surface area contributed by atoms with Gasteiger partial charge in [-0.3, -0.25) is 15.1 Å². The van der Waals surface area contributed by atoms with Crippen LogP contribution in [0.4, 0.5) is 0 Å². The molecule has 1 aromatic rings. The molecule has 1 atom stereocenters. The number of carbonyl (C=O) groups is 1. The molecule has 0 aliphatic carbocycles. The number of aryl methyl sites for hydroxylation is 1. The van der Waals surface area contributed by atoms with Crippen molar-refractivity contribution in [3.63, 3.8) is 0 Å². The largest absolute Gasteiger partial charge is 0.454 e. The van der Waals surface area contributed by atoms with Gasteiger partial charge in [-0.05, 0) is 46.5 Å². The molecule has 1 aliphatic rings. The van der Waals surface area contributed by atoms with E-state index in [0.29, 0.717) is 11.8 Å². The van der Waals surface area contributed by atoms with Gasteiger partial charge in [0.2, 0.25) is 0 Å². The first-order chi connectivity index (χ1) is 9.51. The van der Waals surface area contributed by atoms with E-state index in [1.165, 1.54) is 12.8 Å². The number of carbonyl (C=O) groups excluding carboxylic acids is 1. The van der Waals surface area contributed by atoms with E-state index in [2.05, 4.69) is 29.3 Å². The Bertz CT molecular complexity index is 470. The minimum atomic E-state index is -0.375. The summed E-state index contributed by atoms with van der Waals surface area (Å²) in [4.78, 5) is 16.2. The number of hydrogen-bond donors (Lipinski definition) is 2. The van der Waals surface area contributed by atoms with Crippen LogP contribution in [0, 0.1) is 6.92 Å². The number of likely N-dealkylation sites (N-methyl/N-ethyl adjacent to an activating group) is 1. The Morgan fingerprint density at radius 1 is 1.60 bits per heavy atom. The normalized spacial score (nSPS) is 19.8. The fourth-order valence-electron chi connectivity index (χ4n) is 2.85. The van der Waals surface area contributed by atoms with Crippen molar-refractivity contribution in [2.24, 2.45) is 5.84 Å². The van der Waals surface area contributed by atoms with Gasteiger partial charge in [-0.2, -0.15) is 0 Å². The van der Waals surface area contributed by atoms with Gasteiger partial charge in [-0.25, -0.2) is 5.84 Å². The number of rotatable bonds is 5. The van der Waals surface area contributed by atoms with Crippen molar-refractivity contribution in [1.82, 2.24) is 15.2 Å². The van der Waals surface area contributed by atoms with Gasteiger partial charge in [-0.1, -0.05) is 0 Å². The number of nitrogens with two attached hydrogens (primary N) is 1. The first kappa shape index (κ1) is 15.0. The monoisotopic (exact) mass is 280 g/mol. The van der Waals surface area contributed by atoms with Crippen LogP contribution < -0.4 is 11.3 Å². The number of furan rings is 1. The maximum Gasteiger partial charge on any atom is 0.301 e. The van der Waals surface area contributed by atoms with E-state index in [0.717, 1.165) is 31.0 Å². The molecule has 112 valence electrons. The van der Waals surface area contributed by atoms with Crippen molar-refractivity contribution in [1.29, 1.82) is 0 Å². The molecule has 1 aliphatic heterocycles. The molecule has 2 heterocycles. The average molecular weight is 280 g/mol. The Kier molecular flexibility index (Phi) is 4.80. The predicted molar refractivity (Wildman–Crippen MR) is 77.1 cm³/mol. The van der Waals surface area contributed by atoms with Crippen LogP contribution in [-0.2, 0) is 6.54 Å². The first-order valence-corrected chi connectivity index (χ1v) is 7.00. The fraction of sp³-hybridized carbons (Fsp3) is 0.643. The molecular formula is C14H24N4O2. The number of hydrazine groups is 1. The third-order valence-corrected chi connectivity index (χ3v) is 3.74. The predicted octanol–water partition coefficient (Wildman–Crippen LogP) is 0.718. The van der Waals surface area contributed by atoms with Crippen LogP contribution in [-0.4, -0.2) is 48.9 Å². The van der Waals surface area contributed by atoms with Gasteiger partial charge in [0.1, 0.15) is 5.76 Å². The van der Waals surface area contributed by atoms with Gasteiger partial charge in [0.05, 0.1) is 6.54 Å². The molecule has 1 aromatic heterocycles. The standard InChI is InChI=1S/C14H24N4O2/c1-10-7-12(20-13(10)14(19)16-15)9-18-6-4-5-11(18)8-17(2)3/h7,11H,4-6,8-9,15H2,1-3H3,(H,16,19). The van der Waals surface area contributed by atoms with Crippen LogP contribution in [0.25, 0.3) is 0 Å². The Labute approximate surface area is 119 Å². The van der Waals surface area contributed by atoms with Crippen LogP contribution in [0.3, 0.4) is 0 Å². The summed E-state index contributed by atoms with van der Waals surface area (Å²) in [5.41, 5.74) is 2.94. The average Bonchev–Trinajstić information content (AvgIpc) is 2.96. The van der Waals surface area contributed by atoms with Gasteiger partial charge in [0.15, 0.2) is 5.76 Å². The van der Waals surface area contributed by atoms with Gasteiger partial charge in [-0.15, -0.1) is 0 Å². The summed E-state index contributed by atoms with van der Waals surface area (Å²) in [5, 5.41) is 0. The Morgan fingerprint density at radius 2 is 2.35 bits per heavy atom. The number of amides is 1. The summed E-state index contributed by atoms with van der Waals surface area (Å²) in [5.74, 6) is 5.91. The molecule has 2 rings (SSSR count). The van der Waals surface area contributed by atoms with Crippen molar-refractivity contribution in [3.05, 3.63) is 23.2 Å². The summed E-state index contributed by atoms with van der Waals surface area (Å²) in [7, 11) is 4.19. The lowest BCUT2D eigenvalue weighted by molar-refractivity contribution is 0.0920. The topological polar surface area (TPSA) is 74.7 Å². The third-order valence-electron chi connectivity index (χ3n) is 3.74. The maximum absolute atomic E-state index is 11.5. The molecule has 1 unspecified atom stereocenters. The summed E-state index contributed by atoms with van der Waals surface area (Å²) < 4.78 is 5.64. The zero-order chi connectivity index (χ0) is 14.7. The van der Waals surface area contributed by atoms with E-state index < -0.39 is 0 Å². The molecule has 6 heteroatoms. The molecule has 0 aromatic carbocycles. The molecule has 20 heavy (non-hydrogen) atoms. The van der Waals surface area contributed by atoms with E-state index in [1.54, 1.807) is 0 Å². The zero-order valence-corrected chi connectivity index (χ0v) is 12.5. The van der Waals surface area contributed by atoms with Gasteiger partial charge in [0, 0.05) is 18.2 Å². The minimum Gasteiger partial charge on any atom is -0.454 e. The van der Waals surface area contributed by atoms with Crippen LogP contribution in [0.5, 0.6) is 0 Å². The quantitative estimate of drug-likeness (QED) is 0.472. The number of nitrogens with one attached hydrogen (secondary N) is 1. The highest BCUT2D eigenvalue weighted by Gasteiger charge is 2.26. The second kappa shape index (κ2) is 6.39. The lowest BCUT2D eigenvalue weighted by Gasteiger charge is -2.26. The summed E-state index contributed by atoms with van der Waals surface area (Å²) >= 11 is 0. The number of nitrogens with zero attached hydrogens (tertiary/aromatic N) is 2. The van der Waals surface area contributed by atoms with E-state index in [4.69, 9.17) is 10.3 Å². The molecule has 0 radical (unpaired) electrons. The van der Waals surface area contributed by atoms with Gasteiger partial charge < -0.3 is 9.32 Å². The molecule has 1 fully saturated rings. The molecule has 1 saturated heterocycles. The molecule has 0 bridgehead atoms. The van der Waals surface area contributed by atoms with Crippen LogP contribution in [0.15, 0.2) is 10.5 Å². The Hall–Kier alpha value is -1.37. The van der Waals surface area contributed by atoms with E-state index in [9.17, 15) is 4.79 Å². The highest BCUT2D eigenvalue weighted by Crippen LogP contribution is 2.23. The minimum absolute atomic E-state index is 0.311. The van der Waals surface area contributed by atoms with Crippen LogP contribution in [0.1, 0.15) is 34.7 Å². The van der Waals surface area contributed by atoms with Crippen LogP contribution >= 0.6 is 0 Å². The lowest BCUT2D eigenvalue weighted by atomic mass is 10.2. The number of nitrogen functional groups attached to an aromatic ring is 1. The fourth-order valence-corrected chi connectivity index (χ4v) is 2.85. The van der Waals surface area contributed by atoms with E-state index in [-0.39, 0.29) is 5.91 Å². The molecule has 0 spiro atoms. The number of likely N-dealkylation sites (tertiary alicyclic amines) is 1. The summed E-state index contributed by atoms with van der Waals surface area (Å²) in [6.45, 7) is 4.74. The van der Waals surface area contributed by atoms with Gasteiger partial charge >= 0.3 is 5.91 Å². The van der Waals surface area contributed by atoms with Crippen molar-refractivity contribution in [2.75, 3.05) is 27.2 Å². The summed E-state index contributed by atoms with van der Waals surface area (Å²) in [6, 6.07) is 2.48. The van der Waals surface area contributed by atoms with Crippen molar-refractivity contribution < 1.29 is 9.21 Å². The molecule has 3 N–H and O–H groups in total. The number of hydrogen-bond acceptors (Lipinski definition) is 5. The molecule has 1 amide bonds. The van der Waals surface area contributed by atoms with Crippen LogP contribution in [0.2, 0.25) is 0 Å². The van der Waals surface area contributed by atoms with Crippen molar-refractivity contribution in [3.8, 4) is 0 Å².